The highest BCUT2D eigenvalue weighted by Gasteiger charge is 2.13. The van der Waals surface area contributed by atoms with Gasteiger partial charge in [0, 0.05) is 24.5 Å². The monoisotopic (exact) mass is 181 g/mol. The predicted molar refractivity (Wildman–Crippen MR) is 48.0 cm³/mol. The Labute approximate surface area is 75.4 Å². The smallest absolute Gasteiger partial charge is 0.320 e. The van der Waals surface area contributed by atoms with E-state index in [1.807, 2.05) is 0 Å². The van der Waals surface area contributed by atoms with E-state index < -0.39 is 12.0 Å². The quantitative estimate of drug-likeness (QED) is 0.589. The molecule has 5 nitrogen and oxygen atoms in total. The number of pyridine rings is 1. The second-order valence-electron chi connectivity index (χ2n) is 2.72. The van der Waals surface area contributed by atoms with Crippen LogP contribution in [0.5, 0.6) is 0 Å². The lowest BCUT2D eigenvalue weighted by atomic mass is 10.1. The molecule has 0 spiro atoms. The molecule has 1 unspecified atom stereocenters. The van der Waals surface area contributed by atoms with Gasteiger partial charge in [-0.15, -0.1) is 0 Å². The molecule has 1 heterocycles. The van der Waals surface area contributed by atoms with Crippen LogP contribution in [0.1, 0.15) is 5.56 Å². The van der Waals surface area contributed by atoms with E-state index in [9.17, 15) is 4.79 Å². The highest BCUT2D eigenvalue weighted by Crippen LogP contribution is 2.10. The second kappa shape index (κ2) is 3.86. The molecule has 1 rings (SSSR count). The maximum absolute atomic E-state index is 10.4. The van der Waals surface area contributed by atoms with E-state index in [-0.39, 0.29) is 6.42 Å². The molecule has 70 valence electrons. The summed E-state index contributed by atoms with van der Waals surface area (Å²) in [6, 6.07) is 0.690. The Bertz CT molecular complexity index is 314. The molecule has 0 aromatic carbocycles. The molecule has 5 heteroatoms. The summed E-state index contributed by atoms with van der Waals surface area (Å²) in [4.78, 5) is 14.3. The summed E-state index contributed by atoms with van der Waals surface area (Å²) in [5, 5.41) is 8.55. The number of nitrogens with zero attached hydrogens (tertiary/aromatic N) is 1. The normalized spacial score (nSPS) is 12.4. The van der Waals surface area contributed by atoms with Gasteiger partial charge in [-0.3, -0.25) is 9.78 Å². The zero-order valence-corrected chi connectivity index (χ0v) is 6.97. The summed E-state index contributed by atoms with van der Waals surface area (Å²) in [5.41, 5.74) is 12.1. The van der Waals surface area contributed by atoms with Crippen molar-refractivity contribution < 1.29 is 9.90 Å². The van der Waals surface area contributed by atoms with E-state index >= 15 is 0 Å². The molecule has 0 bridgehead atoms. The van der Waals surface area contributed by atoms with E-state index in [1.54, 1.807) is 12.3 Å². The number of aliphatic carboxylic acids is 1. The predicted octanol–water partition coefficient (Wildman–Crippen LogP) is -0.382. The Morgan fingerprint density at radius 2 is 2.38 bits per heavy atom. The van der Waals surface area contributed by atoms with Crippen LogP contribution in [-0.2, 0) is 11.2 Å². The third kappa shape index (κ3) is 2.41. The van der Waals surface area contributed by atoms with Gasteiger partial charge in [-0.1, -0.05) is 0 Å². The van der Waals surface area contributed by atoms with Gasteiger partial charge in [0.05, 0.1) is 0 Å². The SMILES string of the molecule is Nc1ccncc1CC(N)C(=O)O. The van der Waals surface area contributed by atoms with Crippen molar-refractivity contribution in [3.63, 3.8) is 0 Å². The van der Waals surface area contributed by atoms with Crippen molar-refractivity contribution in [2.45, 2.75) is 12.5 Å². The first kappa shape index (κ1) is 9.47. The van der Waals surface area contributed by atoms with Crippen LogP contribution in [0.3, 0.4) is 0 Å². The van der Waals surface area contributed by atoms with Crippen LogP contribution in [0.4, 0.5) is 5.69 Å². The van der Waals surface area contributed by atoms with Crippen molar-refractivity contribution in [3.8, 4) is 0 Å². The maximum atomic E-state index is 10.4. The molecular weight excluding hydrogens is 170 g/mol. The molecule has 0 aliphatic rings. The molecule has 13 heavy (non-hydrogen) atoms. The van der Waals surface area contributed by atoms with E-state index in [4.69, 9.17) is 16.6 Å². The highest BCUT2D eigenvalue weighted by atomic mass is 16.4. The minimum Gasteiger partial charge on any atom is -0.480 e. The number of hydrogen-bond donors (Lipinski definition) is 3. The summed E-state index contributed by atoms with van der Waals surface area (Å²) in [6.45, 7) is 0. The lowest BCUT2D eigenvalue weighted by Gasteiger charge is -2.07. The van der Waals surface area contributed by atoms with Gasteiger partial charge in [0.2, 0.25) is 0 Å². The van der Waals surface area contributed by atoms with Crippen LogP contribution in [0.2, 0.25) is 0 Å². The molecule has 0 aliphatic carbocycles. The van der Waals surface area contributed by atoms with Gasteiger partial charge in [-0.2, -0.15) is 0 Å². The fourth-order valence-corrected chi connectivity index (χ4v) is 0.933. The van der Waals surface area contributed by atoms with Crippen LogP contribution in [0.25, 0.3) is 0 Å². The Hall–Kier alpha value is -1.62. The van der Waals surface area contributed by atoms with Crippen molar-refractivity contribution in [2.75, 3.05) is 5.73 Å². The molecule has 0 aliphatic heterocycles. The standard InChI is InChI=1S/C8H11N3O2/c9-6-1-2-11-4-5(6)3-7(10)8(12)13/h1-2,4,7H,3,10H2,(H2,9,11)(H,12,13). The first-order valence-electron chi connectivity index (χ1n) is 3.78. The van der Waals surface area contributed by atoms with Crippen molar-refractivity contribution in [1.29, 1.82) is 0 Å². The zero-order chi connectivity index (χ0) is 9.84. The van der Waals surface area contributed by atoms with E-state index in [0.29, 0.717) is 11.3 Å². The number of nitrogens with two attached hydrogens (primary N) is 2. The largest absolute Gasteiger partial charge is 0.480 e. The topological polar surface area (TPSA) is 102 Å². The molecule has 0 amide bonds. The minimum atomic E-state index is -1.04. The molecule has 0 fully saturated rings. The molecule has 0 saturated carbocycles. The number of carboxylic acids is 1. The Balaban J connectivity index is 2.74. The number of anilines is 1. The summed E-state index contributed by atoms with van der Waals surface area (Å²) < 4.78 is 0. The highest BCUT2D eigenvalue weighted by molar-refractivity contribution is 5.73. The average molecular weight is 181 g/mol. The van der Waals surface area contributed by atoms with Crippen molar-refractivity contribution >= 4 is 11.7 Å². The van der Waals surface area contributed by atoms with Gasteiger partial charge < -0.3 is 16.6 Å². The Kier molecular flexibility index (Phi) is 2.81. The van der Waals surface area contributed by atoms with Crippen molar-refractivity contribution in [3.05, 3.63) is 24.0 Å². The zero-order valence-electron chi connectivity index (χ0n) is 6.97. The fraction of sp³-hybridized carbons (Fsp3) is 0.250. The molecule has 1 aromatic rings. The summed E-state index contributed by atoms with van der Waals surface area (Å²) in [7, 11) is 0. The van der Waals surface area contributed by atoms with E-state index in [2.05, 4.69) is 4.98 Å². The van der Waals surface area contributed by atoms with Crippen LogP contribution in [-0.4, -0.2) is 22.1 Å². The summed E-state index contributed by atoms with van der Waals surface area (Å²) in [5.74, 6) is -1.04. The third-order valence-electron chi connectivity index (χ3n) is 1.70. The number of rotatable bonds is 3. The van der Waals surface area contributed by atoms with Gasteiger partial charge in [-0.05, 0) is 11.6 Å². The number of hydrogen-bond acceptors (Lipinski definition) is 4. The first-order valence-corrected chi connectivity index (χ1v) is 3.78. The summed E-state index contributed by atoms with van der Waals surface area (Å²) in [6.07, 6.45) is 3.28. The molecule has 0 saturated heterocycles. The van der Waals surface area contributed by atoms with Crippen molar-refractivity contribution in [2.24, 2.45) is 5.73 Å². The lowest BCUT2D eigenvalue weighted by molar-refractivity contribution is -0.138. The van der Waals surface area contributed by atoms with Crippen molar-refractivity contribution in [1.82, 2.24) is 4.98 Å². The van der Waals surface area contributed by atoms with Gasteiger partial charge in [0.25, 0.3) is 0 Å². The minimum absolute atomic E-state index is 0.203. The maximum Gasteiger partial charge on any atom is 0.320 e. The van der Waals surface area contributed by atoms with Gasteiger partial charge in [0.15, 0.2) is 0 Å². The van der Waals surface area contributed by atoms with Crippen LogP contribution < -0.4 is 11.5 Å². The number of carboxylic acid groups (broad SMARTS) is 1. The first-order chi connectivity index (χ1) is 6.11. The Morgan fingerprint density at radius 3 is 2.92 bits per heavy atom. The average Bonchev–Trinajstić information content (AvgIpc) is 2.08. The lowest BCUT2D eigenvalue weighted by Crippen LogP contribution is -2.32. The Morgan fingerprint density at radius 1 is 1.69 bits per heavy atom. The molecule has 5 N–H and O–H groups in total. The van der Waals surface area contributed by atoms with Crippen LogP contribution >= 0.6 is 0 Å². The summed E-state index contributed by atoms with van der Waals surface area (Å²) >= 11 is 0. The van der Waals surface area contributed by atoms with Gasteiger partial charge >= 0.3 is 5.97 Å². The molecular formula is C8H11N3O2. The van der Waals surface area contributed by atoms with Gasteiger partial charge in [0.1, 0.15) is 6.04 Å². The van der Waals surface area contributed by atoms with E-state index in [1.165, 1.54) is 6.20 Å². The third-order valence-corrected chi connectivity index (χ3v) is 1.70. The van der Waals surface area contributed by atoms with Crippen LogP contribution in [0.15, 0.2) is 18.5 Å². The molecule has 1 aromatic heterocycles. The van der Waals surface area contributed by atoms with E-state index in [0.717, 1.165) is 0 Å². The second-order valence-corrected chi connectivity index (χ2v) is 2.72. The molecule has 1 atom stereocenters. The fourth-order valence-electron chi connectivity index (χ4n) is 0.933. The van der Waals surface area contributed by atoms with Crippen LogP contribution in [0, 0.1) is 0 Å². The number of nitrogen functional groups attached to an aromatic ring is 1. The number of carbonyl (C=O) groups is 1. The molecule has 0 radical (unpaired) electrons. The number of aromatic nitrogens is 1. The van der Waals surface area contributed by atoms with Gasteiger partial charge in [-0.25, -0.2) is 0 Å².